The fourth-order valence-electron chi connectivity index (χ4n) is 1.56. The number of halogens is 1. The van der Waals surface area contributed by atoms with Crippen molar-refractivity contribution < 1.29 is 0 Å². The molecule has 0 aliphatic heterocycles. The Morgan fingerprint density at radius 3 is 2.64 bits per heavy atom. The van der Waals surface area contributed by atoms with E-state index in [1.807, 2.05) is 0 Å². The number of allylic oxidation sites excluding steroid dienone is 2. The van der Waals surface area contributed by atoms with E-state index in [2.05, 4.69) is 42.8 Å². The number of alkyl halides is 1. The molecule has 0 aromatic carbocycles. The van der Waals surface area contributed by atoms with Crippen LogP contribution in [0.5, 0.6) is 0 Å². The van der Waals surface area contributed by atoms with E-state index in [4.69, 9.17) is 0 Å². The molecule has 0 saturated carbocycles. The molecule has 0 unspecified atom stereocenters. The molecule has 64 valence electrons. The summed E-state index contributed by atoms with van der Waals surface area (Å²) < 4.78 is 0. The van der Waals surface area contributed by atoms with Gasteiger partial charge in [0.15, 0.2) is 0 Å². The highest BCUT2D eigenvalue weighted by atomic mass is 79.9. The van der Waals surface area contributed by atoms with Crippen LogP contribution in [0.1, 0.15) is 33.6 Å². The average molecular weight is 217 g/mol. The van der Waals surface area contributed by atoms with Crippen LogP contribution < -0.4 is 0 Å². The van der Waals surface area contributed by atoms with Crippen molar-refractivity contribution in [1.82, 2.24) is 0 Å². The van der Waals surface area contributed by atoms with E-state index in [1.54, 1.807) is 0 Å². The molecule has 1 aliphatic rings. The molecule has 0 spiro atoms. The van der Waals surface area contributed by atoms with Gasteiger partial charge in [0.05, 0.1) is 0 Å². The Kier molecular flexibility index (Phi) is 3.17. The van der Waals surface area contributed by atoms with Gasteiger partial charge in [-0.1, -0.05) is 41.4 Å². The highest BCUT2D eigenvalue weighted by Crippen LogP contribution is 2.32. The summed E-state index contributed by atoms with van der Waals surface area (Å²) in [6.45, 7) is 6.85. The normalized spacial score (nSPS) is 32.3. The summed E-state index contributed by atoms with van der Waals surface area (Å²) in [5, 5.41) is 0. The van der Waals surface area contributed by atoms with Crippen LogP contribution in [-0.4, -0.2) is 4.83 Å². The lowest BCUT2D eigenvalue weighted by molar-refractivity contribution is 0.356. The van der Waals surface area contributed by atoms with Gasteiger partial charge in [-0.3, -0.25) is 0 Å². The van der Waals surface area contributed by atoms with Crippen LogP contribution in [-0.2, 0) is 0 Å². The van der Waals surface area contributed by atoms with E-state index in [9.17, 15) is 0 Å². The SMILES string of the molecule is CC1=CC[C@@H](C(C)C)C[C@@H]1Br. The fraction of sp³-hybridized carbons (Fsp3) is 0.800. The number of hydrogen-bond acceptors (Lipinski definition) is 0. The second-order valence-electron chi connectivity index (χ2n) is 3.89. The molecule has 2 atom stereocenters. The van der Waals surface area contributed by atoms with Crippen molar-refractivity contribution in [2.45, 2.75) is 38.4 Å². The number of hydrogen-bond donors (Lipinski definition) is 0. The monoisotopic (exact) mass is 216 g/mol. The quantitative estimate of drug-likeness (QED) is 0.463. The van der Waals surface area contributed by atoms with Crippen molar-refractivity contribution in [1.29, 1.82) is 0 Å². The van der Waals surface area contributed by atoms with Crippen LogP contribution in [0, 0.1) is 11.8 Å². The first-order valence-corrected chi connectivity index (χ1v) is 5.33. The molecule has 1 heteroatoms. The van der Waals surface area contributed by atoms with Gasteiger partial charge in [0.2, 0.25) is 0 Å². The van der Waals surface area contributed by atoms with Gasteiger partial charge in [0, 0.05) is 4.83 Å². The molecule has 0 radical (unpaired) electrons. The van der Waals surface area contributed by atoms with Gasteiger partial charge in [0.1, 0.15) is 0 Å². The minimum absolute atomic E-state index is 0.642. The van der Waals surface area contributed by atoms with Crippen molar-refractivity contribution in [3.63, 3.8) is 0 Å². The minimum atomic E-state index is 0.642. The molecule has 0 aromatic rings. The van der Waals surface area contributed by atoms with Crippen LogP contribution in [0.15, 0.2) is 11.6 Å². The molecular weight excluding hydrogens is 200 g/mol. The Balaban J connectivity index is 2.55. The Morgan fingerprint density at radius 1 is 1.55 bits per heavy atom. The maximum Gasteiger partial charge on any atom is 0.0354 e. The van der Waals surface area contributed by atoms with E-state index >= 15 is 0 Å². The van der Waals surface area contributed by atoms with E-state index in [-0.39, 0.29) is 0 Å². The molecular formula is C10H17Br. The van der Waals surface area contributed by atoms with Gasteiger partial charge >= 0.3 is 0 Å². The maximum absolute atomic E-state index is 3.69. The highest BCUT2D eigenvalue weighted by Gasteiger charge is 2.21. The molecule has 0 amide bonds. The van der Waals surface area contributed by atoms with Gasteiger partial charge in [-0.05, 0) is 31.6 Å². The van der Waals surface area contributed by atoms with Crippen LogP contribution in [0.2, 0.25) is 0 Å². The summed E-state index contributed by atoms with van der Waals surface area (Å²) in [7, 11) is 0. The predicted molar refractivity (Wildman–Crippen MR) is 54.0 cm³/mol. The third-order valence-electron chi connectivity index (χ3n) is 2.69. The van der Waals surface area contributed by atoms with E-state index in [0.717, 1.165) is 11.8 Å². The molecule has 0 N–H and O–H groups in total. The van der Waals surface area contributed by atoms with E-state index in [1.165, 1.54) is 18.4 Å². The summed E-state index contributed by atoms with van der Waals surface area (Å²) in [4.78, 5) is 0.642. The second kappa shape index (κ2) is 3.75. The molecule has 0 fully saturated rings. The van der Waals surface area contributed by atoms with Gasteiger partial charge < -0.3 is 0 Å². The van der Waals surface area contributed by atoms with Crippen molar-refractivity contribution >= 4 is 15.9 Å². The first-order chi connectivity index (χ1) is 5.11. The summed E-state index contributed by atoms with van der Waals surface area (Å²) in [5.41, 5.74) is 1.52. The van der Waals surface area contributed by atoms with Gasteiger partial charge in [-0.2, -0.15) is 0 Å². The average Bonchev–Trinajstić information content (AvgIpc) is 1.94. The Bertz CT molecular complexity index is 158. The maximum atomic E-state index is 3.69. The summed E-state index contributed by atoms with van der Waals surface area (Å²) in [6, 6.07) is 0. The standard InChI is InChI=1S/C10H17Br/c1-7(2)9-5-4-8(3)10(11)6-9/h4,7,9-10H,5-6H2,1-3H3/t9-,10+/m1/s1. The molecule has 1 aliphatic carbocycles. The fourth-order valence-corrected chi connectivity index (χ4v) is 2.22. The lowest BCUT2D eigenvalue weighted by Crippen LogP contribution is -2.18. The summed E-state index contributed by atoms with van der Waals surface area (Å²) in [6.07, 6.45) is 4.99. The van der Waals surface area contributed by atoms with Crippen LogP contribution >= 0.6 is 15.9 Å². The van der Waals surface area contributed by atoms with Crippen molar-refractivity contribution in [3.05, 3.63) is 11.6 Å². The van der Waals surface area contributed by atoms with Gasteiger partial charge in [0.25, 0.3) is 0 Å². The zero-order chi connectivity index (χ0) is 8.43. The molecule has 11 heavy (non-hydrogen) atoms. The zero-order valence-corrected chi connectivity index (χ0v) is 9.19. The molecule has 0 nitrogen and oxygen atoms in total. The van der Waals surface area contributed by atoms with Crippen LogP contribution in [0.4, 0.5) is 0 Å². The summed E-state index contributed by atoms with van der Waals surface area (Å²) in [5.74, 6) is 1.72. The molecule has 0 heterocycles. The molecule has 0 saturated heterocycles. The van der Waals surface area contributed by atoms with E-state index in [0.29, 0.717) is 4.83 Å². The van der Waals surface area contributed by atoms with Crippen molar-refractivity contribution in [2.24, 2.45) is 11.8 Å². The van der Waals surface area contributed by atoms with Crippen molar-refractivity contribution in [2.75, 3.05) is 0 Å². The van der Waals surface area contributed by atoms with Gasteiger partial charge in [-0.15, -0.1) is 0 Å². The third kappa shape index (κ3) is 2.33. The van der Waals surface area contributed by atoms with Gasteiger partial charge in [-0.25, -0.2) is 0 Å². The second-order valence-corrected chi connectivity index (χ2v) is 5.00. The van der Waals surface area contributed by atoms with Crippen molar-refractivity contribution in [3.8, 4) is 0 Å². The number of rotatable bonds is 1. The zero-order valence-electron chi connectivity index (χ0n) is 7.60. The molecule has 0 aromatic heterocycles. The van der Waals surface area contributed by atoms with Crippen LogP contribution in [0.25, 0.3) is 0 Å². The Hall–Kier alpha value is 0.220. The minimum Gasteiger partial charge on any atom is -0.0842 e. The predicted octanol–water partition coefficient (Wildman–Crippen LogP) is 3.76. The first kappa shape index (κ1) is 9.31. The topological polar surface area (TPSA) is 0 Å². The summed E-state index contributed by atoms with van der Waals surface area (Å²) >= 11 is 3.69. The Labute approximate surface area is 78.2 Å². The lowest BCUT2D eigenvalue weighted by Gasteiger charge is -2.27. The molecule has 0 bridgehead atoms. The smallest absolute Gasteiger partial charge is 0.0354 e. The highest BCUT2D eigenvalue weighted by molar-refractivity contribution is 9.09. The van der Waals surface area contributed by atoms with Crippen LogP contribution in [0.3, 0.4) is 0 Å². The largest absolute Gasteiger partial charge is 0.0842 e. The van der Waals surface area contributed by atoms with E-state index < -0.39 is 0 Å². The molecule has 1 rings (SSSR count). The lowest BCUT2D eigenvalue weighted by atomic mass is 9.83. The first-order valence-electron chi connectivity index (χ1n) is 4.42. The Morgan fingerprint density at radius 2 is 2.18 bits per heavy atom. The third-order valence-corrected chi connectivity index (χ3v) is 3.79.